The van der Waals surface area contributed by atoms with E-state index in [0.717, 1.165) is 19.3 Å². The molecule has 2 rings (SSSR count). The second-order valence-corrected chi connectivity index (χ2v) is 4.15. The molecule has 0 bridgehead atoms. The average Bonchev–Trinajstić information content (AvgIpc) is 2.84. The molecule has 1 aliphatic rings. The molecular weight excluding hydrogens is 244 g/mol. The summed E-state index contributed by atoms with van der Waals surface area (Å²) in [6.45, 7) is 2.02. The first kappa shape index (κ1) is 13.9. The minimum Gasteiger partial charge on any atom is -0.347 e. The highest BCUT2D eigenvalue weighted by molar-refractivity contribution is 5.85. The normalized spacial score (nSPS) is 23.2. The fourth-order valence-corrected chi connectivity index (χ4v) is 2.02. The van der Waals surface area contributed by atoms with Gasteiger partial charge in [-0.05, 0) is 19.8 Å². The number of nitrogens with zero attached hydrogens (tertiary/aromatic N) is 2. The fraction of sp³-hybridized carbons (Fsp3) is 0.700. The summed E-state index contributed by atoms with van der Waals surface area (Å²) in [7, 11) is 0. The van der Waals surface area contributed by atoms with Crippen molar-refractivity contribution in [1.29, 1.82) is 0 Å². The summed E-state index contributed by atoms with van der Waals surface area (Å²) in [4.78, 5) is 15.8. The van der Waals surface area contributed by atoms with Crippen LogP contribution in [0.2, 0.25) is 0 Å². The van der Waals surface area contributed by atoms with Crippen molar-refractivity contribution < 1.29 is 9.32 Å². The number of hydrogen-bond acceptors (Lipinski definition) is 5. The first-order valence-corrected chi connectivity index (χ1v) is 5.49. The molecule has 1 aliphatic carbocycles. The van der Waals surface area contributed by atoms with Crippen molar-refractivity contribution in [2.45, 2.75) is 38.8 Å². The third-order valence-corrected chi connectivity index (χ3v) is 2.89. The van der Waals surface area contributed by atoms with E-state index in [4.69, 9.17) is 10.3 Å². The number of halogens is 1. The van der Waals surface area contributed by atoms with Crippen LogP contribution in [0.5, 0.6) is 0 Å². The zero-order valence-electron chi connectivity index (χ0n) is 9.68. The third-order valence-electron chi connectivity index (χ3n) is 2.89. The summed E-state index contributed by atoms with van der Waals surface area (Å²) in [6, 6.07) is -0.00980. The lowest BCUT2D eigenvalue weighted by molar-refractivity contribution is -0.125. The summed E-state index contributed by atoms with van der Waals surface area (Å²) < 4.78 is 4.90. The highest BCUT2D eigenvalue weighted by Crippen LogP contribution is 2.23. The van der Waals surface area contributed by atoms with Crippen molar-refractivity contribution in [1.82, 2.24) is 15.5 Å². The number of nitrogens with one attached hydrogen (secondary N) is 1. The van der Waals surface area contributed by atoms with E-state index in [1.54, 1.807) is 6.92 Å². The lowest BCUT2D eigenvalue weighted by Gasteiger charge is -2.13. The van der Waals surface area contributed by atoms with Gasteiger partial charge in [-0.25, -0.2) is 0 Å². The Balaban J connectivity index is 0.00000144. The molecule has 6 nitrogen and oxygen atoms in total. The lowest BCUT2D eigenvalue weighted by Crippen LogP contribution is -2.38. The Morgan fingerprint density at radius 3 is 2.88 bits per heavy atom. The molecule has 1 aromatic rings. The van der Waals surface area contributed by atoms with Gasteiger partial charge < -0.3 is 15.6 Å². The summed E-state index contributed by atoms with van der Waals surface area (Å²) in [5, 5.41) is 6.41. The molecule has 1 heterocycles. The number of aromatic nitrogens is 2. The van der Waals surface area contributed by atoms with E-state index < -0.39 is 0 Å². The summed E-state index contributed by atoms with van der Waals surface area (Å²) in [5.41, 5.74) is 5.84. The van der Waals surface area contributed by atoms with E-state index in [9.17, 15) is 4.79 Å². The lowest BCUT2D eigenvalue weighted by atomic mass is 10.0. The van der Waals surface area contributed by atoms with Crippen LogP contribution >= 0.6 is 12.4 Å². The quantitative estimate of drug-likeness (QED) is 0.827. The second kappa shape index (κ2) is 5.97. The number of carbonyl (C=O) groups is 1. The highest BCUT2D eigenvalue weighted by atomic mass is 35.5. The summed E-state index contributed by atoms with van der Waals surface area (Å²) >= 11 is 0. The van der Waals surface area contributed by atoms with Crippen molar-refractivity contribution in [3.8, 4) is 0 Å². The molecule has 0 aliphatic heterocycles. The van der Waals surface area contributed by atoms with Crippen LogP contribution in [0, 0.1) is 12.8 Å². The van der Waals surface area contributed by atoms with Gasteiger partial charge in [-0.3, -0.25) is 4.79 Å². The van der Waals surface area contributed by atoms with Crippen LogP contribution < -0.4 is 11.1 Å². The molecule has 17 heavy (non-hydrogen) atoms. The van der Waals surface area contributed by atoms with Crippen LogP contribution in [0.3, 0.4) is 0 Å². The molecule has 1 amide bonds. The first-order chi connectivity index (χ1) is 7.66. The predicted molar refractivity (Wildman–Crippen MR) is 63.4 cm³/mol. The Kier molecular flexibility index (Phi) is 4.89. The molecule has 96 valence electrons. The molecule has 1 fully saturated rings. The number of rotatable bonds is 3. The van der Waals surface area contributed by atoms with E-state index in [-0.39, 0.29) is 36.8 Å². The van der Waals surface area contributed by atoms with Crippen molar-refractivity contribution in [3.05, 3.63) is 11.7 Å². The largest absolute Gasteiger partial charge is 0.347 e. The number of carbonyl (C=O) groups excluding carboxylic acids is 1. The monoisotopic (exact) mass is 260 g/mol. The Hall–Kier alpha value is -1.14. The molecule has 1 aromatic heterocycles. The topological polar surface area (TPSA) is 94.0 Å². The average molecular weight is 261 g/mol. The van der Waals surface area contributed by atoms with Gasteiger partial charge in [0.05, 0.1) is 12.5 Å². The molecule has 0 aromatic carbocycles. The Bertz CT molecular complexity index is 382. The molecule has 2 unspecified atom stereocenters. The number of hydrogen-bond donors (Lipinski definition) is 2. The molecule has 1 saturated carbocycles. The van der Waals surface area contributed by atoms with Gasteiger partial charge in [0.1, 0.15) is 0 Å². The molecule has 3 N–H and O–H groups in total. The molecule has 0 spiro atoms. The van der Waals surface area contributed by atoms with Crippen LogP contribution in [0.4, 0.5) is 0 Å². The maximum atomic E-state index is 11.8. The van der Waals surface area contributed by atoms with Crippen LogP contribution in [-0.2, 0) is 11.3 Å². The van der Waals surface area contributed by atoms with Gasteiger partial charge in [0.25, 0.3) is 0 Å². The molecule has 0 radical (unpaired) electrons. The minimum absolute atomic E-state index is 0. The van der Waals surface area contributed by atoms with Gasteiger partial charge in [0.2, 0.25) is 11.8 Å². The van der Waals surface area contributed by atoms with E-state index >= 15 is 0 Å². The predicted octanol–water partition coefficient (Wildman–Crippen LogP) is 0.543. The molecule has 2 atom stereocenters. The summed E-state index contributed by atoms with van der Waals surface area (Å²) in [6.07, 6.45) is 2.83. The van der Waals surface area contributed by atoms with Crippen molar-refractivity contribution in [2.24, 2.45) is 11.7 Å². The fourth-order valence-electron chi connectivity index (χ4n) is 2.02. The number of aryl methyl sites for hydroxylation is 1. The minimum atomic E-state index is -0.0657. The van der Waals surface area contributed by atoms with Crippen molar-refractivity contribution >= 4 is 18.3 Å². The Labute approximate surface area is 106 Å². The van der Waals surface area contributed by atoms with Gasteiger partial charge in [-0.2, -0.15) is 4.98 Å². The SMILES string of the molecule is Cc1noc(CNC(=O)C2CCCC2N)n1.Cl. The third kappa shape index (κ3) is 3.41. The number of nitrogens with two attached hydrogens (primary N) is 1. The standard InChI is InChI=1S/C10H16N4O2.ClH/c1-6-13-9(16-14-6)5-12-10(15)7-3-2-4-8(7)11;/h7-8H,2-5,11H2,1H3,(H,12,15);1H. The second-order valence-electron chi connectivity index (χ2n) is 4.15. The van der Waals surface area contributed by atoms with E-state index in [0.29, 0.717) is 11.7 Å². The summed E-state index contributed by atoms with van der Waals surface area (Å²) in [5.74, 6) is 0.920. The van der Waals surface area contributed by atoms with Gasteiger partial charge >= 0.3 is 0 Å². The highest BCUT2D eigenvalue weighted by Gasteiger charge is 2.30. The van der Waals surface area contributed by atoms with Gasteiger partial charge in [0.15, 0.2) is 5.82 Å². The molecule has 7 heteroatoms. The van der Waals surface area contributed by atoms with Crippen molar-refractivity contribution in [3.63, 3.8) is 0 Å². The van der Waals surface area contributed by atoms with Crippen LogP contribution in [0.1, 0.15) is 31.0 Å². The van der Waals surface area contributed by atoms with E-state index in [2.05, 4.69) is 15.5 Å². The zero-order chi connectivity index (χ0) is 11.5. The number of amides is 1. The van der Waals surface area contributed by atoms with Gasteiger partial charge in [-0.15, -0.1) is 12.4 Å². The smallest absolute Gasteiger partial charge is 0.246 e. The molecular formula is C10H17ClN4O2. The first-order valence-electron chi connectivity index (χ1n) is 5.49. The Morgan fingerprint density at radius 1 is 1.59 bits per heavy atom. The van der Waals surface area contributed by atoms with E-state index in [1.807, 2.05) is 0 Å². The maximum Gasteiger partial charge on any atom is 0.246 e. The van der Waals surface area contributed by atoms with E-state index in [1.165, 1.54) is 0 Å². The van der Waals surface area contributed by atoms with Crippen LogP contribution in [0.15, 0.2) is 4.52 Å². The maximum absolute atomic E-state index is 11.8. The van der Waals surface area contributed by atoms with Gasteiger partial charge in [0, 0.05) is 6.04 Å². The van der Waals surface area contributed by atoms with Crippen LogP contribution in [0.25, 0.3) is 0 Å². The zero-order valence-corrected chi connectivity index (χ0v) is 10.5. The van der Waals surface area contributed by atoms with Gasteiger partial charge in [-0.1, -0.05) is 11.6 Å². The molecule has 0 saturated heterocycles. The van der Waals surface area contributed by atoms with Crippen molar-refractivity contribution in [2.75, 3.05) is 0 Å². The Morgan fingerprint density at radius 2 is 2.35 bits per heavy atom. The van der Waals surface area contributed by atoms with Crippen LogP contribution in [-0.4, -0.2) is 22.1 Å².